The first kappa shape index (κ1) is 20.2. The van der Waals surface area contributed by atoms with Crippen molar-refractivity contribution in [3.8, 4) is 5.69 Å². The average Bonchev–Trinajstić information content (AvgIpc) is 3.26. The molecule has 1 heterocycles. The van der Waals surface area contributed by atoms with Crippen molar-refractivity contribution < 1.29 is 9.59 Å². The Morgan fingerprint density at radius 1 is 1.03 bits per heavy atom. The van der Waals surface area contributed by atoms with Crippen LogP contribution >= 0.6 is 0 Å². The summed E-state index contributed by atoms with van der Waals surface area (Å²) in [6.45, 7) is 3.95. The van der Waals surface area contributed by atoms with Gasteiger partial charge in [-0.15, -0.1) is 5.10 Å². The Balaban J connectivity index is 1.26. The van der Waals surface area contributed by atoms with Gasteiger partial charge in [0.25, 0.3) is 0 Å². The minimum atomic E-state index is -0.556. The summed E-state index contributed by atoms with van der Waals surface area (Å²) < 4.78 is 1.55. The molecule has 164 valence electrons. The van der Waals surface area contributed by atoms with E-state index in [1.54, 1.807) is 4.68 Å². The fourth-order valence-electron chi connectivity index (χ4n) is 6.42. The highest BCUT2D eigenvalue weighted by Crippen LogP contribution is 2.60. The summed E-state index contributed by atoms with van der Waals surface area (Å²) in [4.78, 5) is 26.5. The van der Waals surface area contributed by atoms with Crippen molar-refractivity contribution in [3.63, 3.8) is 0 Å². The summed E-state index contributed by atoms with van der Waals surface area (Å²) in [5.41, 5.74) is 1.23. The van der Waals surface area contributed by atoms with Gasteiger partial charge in [0.15, 0.2) is 0 Å². The first-order chi connectivity index (χ1) is 14.9. The first-order valence-corrected chi connectivity index (χ1v) is 11.4. The van der Waals surface area contributed by atoms with Gasteiger partial charge in [-0.25, -0.2) is 4.68 Å². The van der Waals surface area contributed by atoms with E-state index in [4.69, 9.17) is 0 Å². The number of tetrazole rings is 1. The first-order valence-electron chi connectivity index (χ1n) is 11.4. The lowest BCUT2D eigenvalue weighted by Crippen LogP contribution is -2.57. The predicted octanol–water partition coefficient (Wildman–Crippen LogP) is 2.96. The van der Waals surface area contributed by atoms with Crippen LogP contribution in [0.25, 0.3) is 5.69 Å². The molecule has 8 nitrogen and oxygen atoms in total. The van der Waals surface area contributed by atoms with Crippen molar-refractivity contribution >= 4 is 17.5 Å². The second-order valence-corrected chi connectivity index (χ2v) is 10.2. The molecule has 8 heteroatoms. The zero-order valence-electron chi connectivity index (χ0n) is 18.1. The normalized spacial score (nSPS) is 29.7. The van der Waals surface area contributed by atoms with E-state index in [1.807, 2.05) is 38.1 Å². The van der Waals surface area contributed by atoms with E-state index in [0.29, 0.717) is 23.4 Å². The summed E-state index contributed by atoms with van der Waals surface area (Å²) in [6, 6.07) is 6.74. The van der Waals surface area contributed by atoms with E-state index in [9.17, 15) is 9.59 Å². The Labute approximate surface area is 182 Å². The number of nitrogens with one attached hydrogen (secondary N) is 2. The molecule has 1 atom stereocenters. The summed E-state index contributed by atoms with van der Waals surface area (Å²) in [6.07, 6.45) is 8.38. The number of hydrogen-bond donors (Lipinski definition) is 2. The minimum absolute atomic E-state index is 0.00152. The van der Waals surface area contributed by atoms with Gasteiger partial charge in [-0.1, -0.05) is 13.8 Å². The van der Waals surface area contributed by atoms with Gasteiger partial charge in [0, 0.05) is 11.1 Å². The van der Waals surface area contributed by atoms with Gasteiger partial charge in [-0.2, -0.15) is 0 Å². The molecule has 0 aliphatic heterocycles. The van der Waals surface area contributed by atoms with Gasteiger partial charge in [-0.3, -0.25) is 9.59 Å². The Bertz CT molecular complexity index is 918. The number of carbonyl (C=O) groups is 2. The maximum absolute atomic E-state index is 13.4. The number of amides is 2. The average molecular weight is 423 g/mol. The summed E-state index contributed by atoms with van der Waals surface area (Å²) in [7, 11) is 0. The zero-order valence-corrected chi connectivity index (χ0v) is 18.1. The lowest BCUT2D eigenvalue weighted by atomic mass is 9.49. The number of benzene rings is 1. The maximum Gasteiger partial charge on any atom is 0.247 e. The minimum Gasteiger partial charge on any atom is -0.344 e. The number of aromatic nitrogens is 4. The van der Waals surface area contributed by atoms with Crippen LogP contribution in [0.1, 0.15) is 52.4 Å². The standard InChI is InChI=1S/C23H30N6O2/c1-14(2)20(21(30)25-18-3-5-19(6-4-18)29-13-24-27-28-29)26-22(31)23-10-15-7-16(11-23)9-17(8-15)12-23/h3-6,13-17,20H,7-12H2,1-2H3,(H,25,30)(H,26,31). The molecule has 4 fully saturated rings. The van der Waals surface area contributed by atoms with Gasteiger partial charge in [-0.05, 0) is 96.9 Å². The topological polar surface area (TPSA) is 102 Å². The molecule has 2 amide bonds. The molecule has 1 aromatic heterocycles. The van der Waals surface area contributed by atoms with Gasteiger partial charge < -0.3 is 10.6 Å². The van der Waals surface area contributed by atoms with Crippen LogP contribution in [0.5, 0.6) is 0 Å². The van der Waals surface area contributed by atoms with Crippen LogP contribution in [0.15, 0.2) is 30.6 Å². The third kappa shape index (κ3) is 3.83. The molecule has 6 rings (SSSR count). The maximum atomic E-state index is 13.4. The highest BCUT2D eigenvalue weighted by molar-refractivity contribution is 5.98. The van der Waals surface area contributed by atoms with E-state index in [0.717, 1.165) is 24.9 Å². The lowest BCUT2D eigenvalue weighted by molar-refractivity contribution is -0.148. The van der Waals surface area contributed by atoms with E-state index in [-0.39, 0.29) is 23.1 Å². The molecule has 1 unspecified atom stereocenters. The van der Waals surface area contributed by atoms with Gasteiger partial charge in [0.2, 0.25) is 11.8 Å². The number of hydrogen-bond acceptors (Lipinski definition) is 5. The van der Waals surface area contributed by atoms with Crippen LogP contribution < -0.4 is 10.6 Å². The summed E-state index contributed by atoms with van der Waals surface area (Å²) >= 11 is 0. The number of anilines is 1. The molecule has 4 aliphatic carbocycles. The Morgan fingerprint density at radius 3 is 2.16 bits per heavy atom. The van der Waals surface area contributed by atoms with Gasteiger partial charge in [0.05, 0.1) is 5.69 Å². The predicted molar refractivity (Wildman–Crippen MR) is 115 cm³/mol. The molecule has 0 radical (unpaired) electrons. The van der Waals surface area contributed by atoms with E-state index in [2.05, 4.69) is 26.2 Å². The third-order valence-corrected chi connectivity index (χ3v) is 7.50. The molecule has 4 aliphatic rings. The van der Waals surface area contributed by atoms with Crippen molar-refractivity contribution in [1.29, 1.82) is 0 Å². The van der Waals surface area contributed by atoms with E-state index < -0.39 is 6.04 Å². The summed E-state index contributed by atoms with van der Waals surface area (Å²) in [5, 5.41) is 17.2. The Hall–Kier alpha value is -2.77. The van der Waals surface area contributed by atoms with Crippen molar-refractivity contribution in [1.82, 2.24) is 25.5 Å². The second kappa shape index (κ2) is 7.73. The van der Waals surface area contributed by atoms with Gasteiger partial charge in [0.1, 0.15) is 12.4 Å². The fourth-order valence-corrected chi connectivity index (χ4v) is 6.42. The van der Waals surface area contributed by atoms with Crippen molar-refractivity contribution in [3.05, 3.63) is 30.6 Å². The monoisotopic (exact) mass is 422 g/mol. The van der Waals surface area contributed by atoms with Crippen LogP contribution in [0.4, 0.5) is 5.69 Å². The highest BCUT2D eigenvalue weighted by atomic mass is 16.2. The lowest BCUT2D eigenvalue weighted by Gasteiger charge is -2.55. The van der Waals surface area contributed by atoms with Crippen LogP contribution in [-0.4, -0.2) is 38.1 Å². The quantitative estimate of drug-likeness (QED) is 0.745. The Kier molecular flexibility index (Phi) is 5.02. The molecule has 2 N–H and O–H groups in total. The third-order valence-electron chi connectivity index (χ3n) is 7.50. The van der Waals surface area contributed by atoms with Crippen molar-refractivity contribution in [2.24, 2.45) is 29.1 Å². The van der Waals surface area contributed by atoms with E-state index >= 15 is 0 Å². The number of rotatable bonds is 6. The van der Waals surface area contributed by atoms with Crippen LogP contribution in [0.2, 0.25) is 0 Å². The molecule has 0 spiro atoms. The molecule has 0 saturated heterocycles. The number of carbonyl (C=O) groups excluding carboxylic acids is 2. The smallest absolute Gasteiger partial charge is 0.247 e. The molecule has 4 bridgehead atoms. The second-order valence-electron chi connectivity index (χ2n) is 10.2. The van der Waals surface area contributed by atoms with Crippen LogP contribution in [0.3, 0.4) is 0 Å². The molecule has 4 saturated carbocycles. The number of nitrogens with zero attached hydrogens (tertiary/aromatic N) is 4. The molecule has 1 aromatic carbocycles. The van der Waals surface area contributed by atoms with Gasteiger partial charge >= 0.3 is 0 Å². The highest BCUT2D eigenvalue weighted by Gasteiger charge is 2.55. The van der Waals surface area contributed by atoms with Crippen LogP contribution in [0, 0.1) is 29.1 Å². The fraction of sp³-hybridized carbons (Fsp3) is 0.609. The molecular weight excluding hydrogens is 392 g/mol. The van der Waals surface area contributed by atoms with Crippen molar-refractivity contribution in [2.45, 2.75) is 58.4 Å². The Morgan fingerprint density at radius 2 is 1.65 bits per heavy atom. The molecule has 31 heavy (non-hydrogen) atoms. The SMILES string of the molecule is CC(C)C(NC(=O)C12CC3CC(CC(C3)C1)C2)C(=O)Nc1ccc(-n2cnnn2)cc1. The van der Waals surface area contributed by atoms with E-state index in [1.165, 1.54) is 25.6 Å². The summed E-state index contributed by atoms with van der Waals surface area (Å²) in [5.74, 6) is 2.00. The molecular formula is C23H30N6O2. The largest absolute Gasteiger partial charge is 0.344 e. The zero-order chi connectivity index (χ0) is 21.6. The van der Waals surface area contributed by atoms with Crippen molar-refractivity contribution in [2.75, 3.05) is 5.32 Å². The molecule has 2 aromatic rings. The van der Waals surface area contributed by atoms with Crippen LogP contribution in [-0.2, 0) is 9.59 Å².